The third-order valence-electron chi connectivity index (χ3n) is 1.74. The normalized spacial score (nSPS) is 11.7. The van der Waals surface area contributed by atoms with Gasteiger partial charge < -0.3 is 9.05 Å². The first-order valence-electron chi connectivity index (χ1n) is 4.77. The monoisotopic (exact) mass is 248 g/mol. The molecule has 0 fully saturated rings. The first-order chi connectivity index (χ1) is 7.12. The van der Waals surface area contributed by atoms with Gasteiger partial charge in [-0.1, -0.05) is 11.6 Å². The second-order valence-electron chi connectivity index (χ2n) is 2.81. The zero-order valence-electron chi connectivity index (χ0n) is 8.77. The van der Waals surface area contributed by atoms with Crippen molar-refractivity contribution >= 4 is 24.5 Å². The van der Waals surface area contributed by atoms with Gasteiger partial charge in [-0.05, 0) is 38.1 Å². The third-order valence-corrected chi connectivity index (χ3v) is 4.12. The van der Waals surface area contributed by atoms with Crippen LogP contribution in [-0.2, 0) is 13.6 Å². The first-order valence-corrected chi connectivity index (χ1v) is 6.69. The molecule has 5 heteroatoms. The Labute approximate surface area is 94.9 Å². The Morgan fingerprint density at radius 3 is 2.00 bits per heavy atom. The van der Waals surface area contributed by atoms with Gasteiger partial charge in [-0.15, -0.1) is 0 Å². The lowest BCUT2D eigenvalue weighted by Gasteiger charge is -2.16. The molecule has 1 rings (SSSR count). The van der Waals surface area contributed by atoms with Crippen LogP contribution in [0.25, 0.3) is 0 Å². The van der Waals surface area contributed by atoms with Crippen LogP contribution < -0.4 is 5.30 Å². The molecule has 0 amide bonds. The second kappa shape index (κ2) is 5.66. The Morgan fingerprint density at radius 1 is 1.13 bits per heavy atom. The lowest BCUT2D eigenvalue weighted by atomic mass is 10.4. The third kappa shape index (κ3) is 3.32. The molecule has 0 aliphatic rings. The van der Waals surface area contributed by atoms with Gasteiger partial charge in [0, 0.05) is 5.02 Å². The highest BCUT2D eigenvalue weighted by Crippen LogP contribution is 2.46. The number of hydrogen-bond donors (Lipinski definition) is 0. The highest BCUT2D eigenvalue weighted by molar-refractivity contribution is 7.62. The topological polar surface area (TPSA) is 35.5 Å². The fourth-order valence-corrected chi connectivity index (χ4v) is 2.84. The van der Waals surface area contributed by atoms with E-state index in [1.165, 1.54) is 0 Å². The van der Waals surface area contributed by atoms with E-state index in [1.807, 2.05) is 0 Å². The zero-order chi connectivity index (χ0) is 11.3. The minimum atomic E-state index is -3.15. The van der Waals surface area contributed by atoms with Crippen LogP contribution in [0.5, 0.6) is 0 Å². The summed E-state index contributed by atoms with van der Waals surface area (Å²) in [6.07, 6.45) is 0. The zero-order valence-corrected chi connectivity index (χ0v) is 10.4. The Morgan fingerprint density at radius 2 is 1.60 bits per heavy atom. The molecule has 0 aliphatic carbocycles. The van der Waals surface area contributed by atoms with Gasteiger partial charge in [-0.3, -0.25) is 4.57 Å². The highest BCUT2D eigenvalue weighted by atomic mass is 35.5. The number of benzene rings is 1. The van der Waals surface area contributed by atoms with Crippen molar-refractivity contribution < 1.29 is 13.6 Å². The molecule has 15 heavy (non-hydrogen) atoms. The smallest absolute Gasteiger partial charge is 0.305 e. The van der Waals surface area contributed by atoms with Crippen molar-refractivity contribution in [2.45, 2.75) is 13.8 Å². The average Bonchev–Trinajstić information content (AvgIpc) is 2.19. The van der Waals surface area contributed by atoms with E-state index in [0.717, 1.165) is 0 Å². The molecule has 0 N–H and O–H groups in total. The highest BCUT2D eigenvalue weighted by Gasteiger charge is 2.26. The molecule has 84 valence electrons. The quantitative estimate of drug-likeness (QED) is 0.751. The van der Waals surface area contributed by atoms with Crippen molar-refractivity contribution in [1.29, 1.82) is 0 Å². The maximum atomic E-state index is 12.2. The van der Waals surface area contributed by atoms with Gasteiger partial charge in [-0.25, -0.2) is 0 Å². The van der Waals surface area contributed by atoms with Crippen molar-refractivity contribution in [2.75, 3.05) is 13.2 Å². The molecular formula is C10H14ClO3P. The van der Waals surface area contributed by atoms with Crippen LogP contribution in [0.1, 0.15) is 13.8 Å². The van der Waals surface area contributed by atoms with Crippen LogP contribution in [0, 0.1) is 0 Å². The van der Waals surface area contributed by atoms with Crippen molar-refractivity contribution in [1.82, 2.24) is 0 Å². The maximum absolute atomic E-state index is 12.2. The lowest BCUT2D eigenvalue weighted by molar-refractivity contribution is 0.230. The molecule has 0 heterocycles. The Balaban J connectivity index is 2.98. The second-order valence-corrected chi connectivity index (χ2v) is 5.27. The summed E-state index contributed by atoms with van der Waals surface area (Å²) in [4.78, 5) is 0. The lowest BCUT2D eigenvalue weighted by Crippen LogP contribution is -2.10. The number of rotatable bonds is 5. The van der Waals surface area contributed by atoms with Crippen LogP contribution in [0.3, 0.4) is 0 Å². The first kappa shape index (κ1) is 12.7. The predicted octanol–water partition coefficient (Wildman–Crippen LogP) is 3.23. The fraction of sp³-hybridized carbons (Fsp3) is 0.400. The van der Waals surface area contributed by atoms with Crippen LogP contribution in [0.4, 0.5) is 0 Å². The Bertz CT molecular complexity index is 340. The molecule has 0 unspecified atom stereocenters. The van der Waals surface area contributed by atoms with Crippen LogP contribution in [-0.4, -0.2) is 13.2 Å². The fourth-order valence-electron chi connectivity index (χ4n) is 1.15. The summed E-state index contributed by atoms with van der Waals surface area (Å²) in [5.41, 5.74) is 0. The van der Waals surface area contributed by atoms with Crippen LogP contribution in [0.2, 0.25) is 5.02 Å². The molecule has 0 atom stereocenters. The van der Waals surface area contributed by atoms with Gasteiger partial charge in [0.1, 0.15) is 0 Å². The summed E-state index contributed by atoms with van der Waals surface area (Å²) >= 11 is 5.74. The summed E-state index contributed by atoms with van der Waals surface area (Å²) in [5.74, 6) is 0. The molecule has 3 nitrogen and oxygen atoms in total. The molecule has 0 aliphatic heterocycles. The standard InChI is InChI=1S/C10H14ClO3P/c1-3-13-15(12,14-4-2)10-7-5-9(11)6-8-10/h5-8H,3-4H2,1-2H3. The Hall–Kier alpha value is -0.340. The summed E-state index contributed by atoms with van der Waals surface area (Å²) in [6, 6.07) is 6.66. The van der Waals surface area contributed by atoms with Crippen molar-refractivity contribution in [3.05, 3.63) is 29.3 Å². The minimum absolute atomic E-state index is 0.347. The largest absolute Gasteiger partial charge is 0.361 e. The van der Waals surface area contributed by atoms with Crippen molar-refractivity contribution in [2.24, 2.45) is 0 Å². The van der Waals surface area contributed by atoms with Gasteiger partial charge in [0.2, 0.25) is 0 Å². The number of hydrogen-bond acceptors (Lipinski definition) is 3. The van der Waals surface area contributed by atoms with E-state index < -0.39 is 7.60 Å². The summed E-state index contributed by atoms with van der Waals surface area (Å²) in [6.45, 7) is 4.25. The summed E-state index contributed by atoms with van der Waals surface area (Å²) in [7, 11) is -3.15. The Kier molecular flexibility index (Phi) is 4.81. The molecular weight excluding hydrogens is 235 g/mol. The predicted molar refractivity (Wildman–Crippen MR) is 61.9 cm³/mol. The van der Waals surface area contributed by atoms with E-state index in [4.69, 9.17) is 20.6 Å². The number of halogens is 1. The molecule has 0 spiro atoms. The van der Waals surface area contributed by atoms with E-state index in [0.29, 0.717) is 23.5 Å². The van der Waals surface area contributed by atoms with Gasteiger partial charge >= 0.3 is 7.60 Å². The van der Waals surface area contributed by atoms with Gasteiger partial charge in [0.05, 0.1) is 18.5 Å². The van der Waals surface area contributed by atoms with Gasteiger partial charge in [0.15, 0.2) is 0 Å². The molecule has 0 saturated carbocycles. The summed E-state index contributed by atoms with van der Waals surface area (Å²) < 4.78 is 22.6. The van der Waals surface area contributed by atoms with Crippen molar-refractivity contribution in [3.63, 3.8) is 0 Å². The van der Waals surface area contributed by atoms with E-state index in [2.05, 4.69) is 0 Å². The van der Waals surface area contributed by atoms with Crippen molar-refractivity contribution in [3.8, 4) is 0 Å². The van der Waals surface area contributed by atoms with Gasteiger partial charge in [-0.2, -0.15) is 0 Å². The molecule has 0 aromatic heterocycles. The molecule has 0 bridgehead atoms. The molecule has 0 radical (unpaired) electrons. The summed E-state index contributed by atoms with van der Waals surface area (Å²) in [5, 5.41) is 1.13. The van der Waals surface area contributed by atoms with E-state index >= 15 is 0 Å². The molecule has 1 aromatic carbocycles. The maximum Gasteiger partial charge on any atom is 0.361 e. The van der Waals surface area contributed by atoms with Crippen LogP contribution >= 0.6 is 19.2 Å². The average molecular weight is 249 g/mol. The van der Waals surface area contributed by atoms with E-state index in [9.17, 15) is 4.57 Å². The SMILES string of the molecule is CCOP(=O)(OCC)c1ccc(Cl)cc1. The molecule has 1 aromatic rings. The van der Waals surface area contributed by atoms with Gasteiger partial charge in [0.25, 0.3) is 0 Å². The minimum Gasteiger partial charge on any atom is -0.305 e. The van der Waals surface area contributed by atoms with E-state index in [-0.39, 0.29) is 0 Å². The molecule has 0 saturated heterocycles. The van der Waals surface area contributed by atoms with E-state index in [1.54, 1.807) is 38.1 Å². The van der Waals surface area contributed by atoms with Crippen LogP contribution in [0.15, 0.2) is 24.3 Å².